The Morgan fingerprint density at radius 3 is 2.80 bits per heavy atom. The van der Waals surface area contributed by atoms with Gasteiger partial charge in [0.15, 0.2) is 0 Å². The molecule has 1 aromatic rings. The molecule has 0 atom stereocenters. The molecule has 78 valence electrons. The molecule has 1 aliphatic rings. The van der Waals surface area contributed by atoms with E-state index in [1.807, 2.05) is 18.2 Å². The zero-order chi connectivity index (χ0) is 10.8. The van der Waals surface area contributed by atoms with Crippen molar-refractivity contribution in [1.29, 1.82) is 0 Å². The van der Waals surface area contributed by atoms with Crippen LogP contribution in [0.1, 0.15) is 12.0 Å². The molecule has 0 spiro atoms. The van der Waals surface area contributed by atoms with E-state index in [0.29, 0.717) is 18.5 Å². The van der Waals surface area contributed by atoms with E-state index in [-0.39, 0.29) is 18.4 Å². The van der Waals surface area contributed by atoms with E-state index >= 15 is 0 Å². The molecule has 0 saturated heterocycles. The minimum absolute atomic E-state index is 0.139. The molecule has 0 aromatic heterocycles. The highest BCUT2D eigenvalue weighted by Crippen LogP contribution is 2.27. The second kappa shape index (κ2) is 3.82. The van der Waals surface area contributed by atoms with Crippen molar-refractivity contribution < 1.29 is 9.59 Å². The van der Waals surface area contributed by atoms with Crippen LogP contribution in [0.15, 0.2) is 24.3 Å². The van der Waals surface area contributed by atoms with E-state index < -0.39 is 0 Å². The van der Waals surface area contributed by atoms with Crippen LogP contribution < -0.4 is 10.6 Å². The van der Waals surface area contributed by atoms with Gasteiger partial charge in [0.05, 0.1) is 12.2 Å². The lowest BCUT2D eigenvalue weighted by Crippen LogP contribution is -2.43. The van der Waals surface area contributed by atoms with Crippen molar-refractivity contribution in [2.75, 3.05) is 11.4 Å². The number of nitrogens with two attached hydrogens (primary N) is 1. The van der Waals surface area contributed by atoms with Crippen LogP contribution >= 0.6 is 0 Å². The van der Waals surface area contributed by atoms with Crippen LogP contribution in [0, 0.1) is 0 Å². The third kappa shape index (κ3) is 1.64. The van der Waals surface area contributed by atoms with E-state index in [4.69, 9.17) is 5.73 Å². The van der Waals surface area contributed by atoms with Crippen LogP contribution in [0.25, 0.3) is 0 Å². The van der Waals surface area contributed by atoms with Gasteiger partial charge in [-0.2, -0.15) is 0 Å². The average molecular weight is 204 g/mol. The van der Waals surface area contributed by atoms with E-state index in [2.05, 4.69) is 0 Å². The summed E-state index contributed by atoms with van der Waals surface area (Å²) in [6, 6.07) is 7.42. The van der Waals surface area contributed by atoms with E-state index in [1.165, 1.54) is 4.90 Å². The monoisotopic (exact) mass is 204 g/mol. The van der Waals surface area contributed by atoms with E-state index in [0.717, 1.165) is 5.56 Å². The van der Waals surface area contributed by atoms with Gasteiger partial charge in [-0.15, -0.1) is 0 Å². The SMILES string of the molecule is NCC(=O)N1C(=O)CCc2ccccc21. The van der Waals surface area contributed by atoms with Gasteiger partial charge in [0, 0.05) is 6.42 Å². The second-order valence-corrected chi connectivity index (χ2v) is 3.46. The number of hydrogen-bond donors (Lipinski definition) is 1. The van der Waals surface area contributed by atoms with Gasteiger partial charge in [-0.1, -0.05) is 18.2 Å². The van der Waals surface area contributed by atoms with Gasteiger partial charge in [0.25, 0.3) is 0 Å². The molecule has 0 bridgehead atoms. The van der Waals surface area contributed by atoms with Crippen molar-refractivity contribution in [2.45, 2.75) is 12.8 Å². The fraction of sp³-hybridized carbons (Fsp3) is 0.273. The van der Waals surface area contributed by atoms with Gasteiger partial charge >= 0.3 is 0 Å². The number of carbonyl (C=O) groups excluding carboxylic acids is 2. The number of amides is 2. The summed E-state index contributed by atoms with van der Waals surface area (Å²) >= 11 is 0. The highest BCUT2D eigenvalue weighted by atomic mass is 16.2. The average Bonchev–Trinajstić information content (AvgIpc) is 2.28. The first-order valence-electron chi connectivity index (χ1n) is 4.88. The number of fused-ring (bicyclic) bond motifs is 1. The molecule has 1 aromatic carbocycles. The zero-order valence-corrected chi connectivity index (χ0v) is 8.27. The summed E-state index contributed by atoms with van der Waals surface area (Å²) in [4.78, 5) is 24.3. The van der Waals surface area contributed by atoms with Crippen LogP contribution in [0.4, 0.5) is 5.69 Å². The van der Waals surface area contributed by atoms with Crippen LogP contribution in [-0.2, 0) is 16.0 Å². The molecule has 1 aliphatic heterocycles. The van der Waals surface area contributed by atoms with Crippen molar-refractivity contribution in [1.82, 2.24) is 0 Å². The van der Waals surface area contributed by atoms with Crippen LogP contribution in [-0.4, -0.2) is 18.4 Å². The lowest BCUT2D eigenvalue weighted by Gasteiger charge is -2.27. The number of carbonyl (C=O) groups is 2. The molecule has 4 heteroatoms. The molecule has 0 radical (unpaired) electrons. The Hall–Kier alpha value is -1.68. The van der Waals surface area contributed by atoms with Crippen LogP contribution in [0.5, 0.6) is 0 Å². The number of nitrogens with zero attached hydrogens (tertiary/aromatic N) is 1. The molecule has 0 aliphatic carbocycles. The Balaban J connectivity index is 2.46. The third-order valence-corrected chi connectivity index (χ3v) is 2.51. The van der Waals surface area contributed by atoms with Crippen LogP contribution in [0.2, 0.25) is 0 Å². The Morgan fingerprint density at radius 1 is 1.33 bits per heavy atom. The number of hydrogen-bond acceptors (Lipinski definition) is 3. The summed E-state index contributed by atoms with van der Waals surface area (Å²) in [6.07, 6.45) is 1.08. The topological polar surface area (TPSA) is 63.4 Å². The maximum Gasteiger partial charge on any atom is 0.247 e. The maximum absolute atomic E-state index is 11.6. The lowest BCUT2D eigenvalue weighted by molar-refractivity contribution is -0.126. The van der Waals surface area contributed by atoms with Crippen molar-refractivity contribution in [3.8, 4) is 0 Å². The first-order valence-corrected chi connectivity index (χ1v) is 4.88. The van der Waals surface area contributed by atoms with E-state index in [1.54, 1.807) is 6.07 Å². The normalized spacial score (nSPS) is 15.0. The standard InChI is InChI=1S/C11H12N2O2/c12-7-11(15)13-9-4-2-1-3-8(9)5-6-10(13)14/h1-4H,5-7,12H2. The van der Waals surface area contributed by atoms with Crippen LogP contribution in [0.3, 0.4) is 0 Å². The molecule has 0 fully saturated rings. The Morgan fingerprint density at radius 2 is 2.07 bits per heavy atom. The molecule has 15 heavy (non-hydrogen) atoms. The van der Waals surface area contributed by atoms with Gasteiger partial charge in [-0.25, -0.2) is 4.90 Å². The van der Waals surface area contributed by atoms with Gasteiger partial charge in [-0.3, -0.25) is 9.59 Å². The molecule has 2 amide bonds. The predicted molar refractivity (Wildman–Crippen MR) is 56.3 cm³/mol. The maximum atomic E-state index is 11.6. The molecule has 0 saturated carbocycles. The fourth-order valence-corrected chi connectivity index (χ4v) is 1.79. The molecule has 0 unspecified atom stereocenters. The molecule has 2 N–H and O–H groups in total. The minimum Gasteiger partial charge on any atom is -0.322 e. The van der Waals surface area contributed by atoms with E-state index in [9.17, 15) is 9.59 Å². The molecular weight excluding hydrogens is 192 g/mol. The second-order valence-electron chi connectivity index (χ2n) is 3.46. The van der Waals surface area contributed by atoms with Crippen molar-refractivity contribution in [2.24, 2.45) is 5.73 Å². The first kappa shape index (κ1) is 9.86. The zero-order valence-electron chi connectivity index (χ0n) is 8.27. The number of anilines is 1. The lowest BCUT2D eigenvalue weighted by atomic mass is 10.0. The minimum atomic E-state index is -0.341. The number of benzene rings is 1. The van der Waals surface area contributed by atoms with Gasteiger partial charge in [0.1, 0.15) is 0 Å². The highest BCUT2D eigenvalue weighted by Gasteiger charge is 2.27. The fourth-order valence-electron chi connectivity index (χ4n) is 1.79. The number of aryl methyl sites for hydroxylation is 1. The summed E-state index contributed by atoms with van der Waals surface area (Å²) in [5.74, 6) is -0.503. The van der Waals surface area contributed by atoms with Crippen molar-refractivity contribution in [3.05, 3.63) is 29.8 Å². The molecule has 4 nitrogen and oxygen atoms in total. The molecular formula is C11H12N2O2. The summed E-state index contributed by atoms with van der Waals surface area (Å²) in [6.45, 7) is -0.139. The highest BCUT2D eigenvalue weighted by molar-refractivity contribution is 6.16. The summed E-state index contributed by atoms with van der Waals surface area (Å²) < 4.78 is 0. The third-order valence-electron chi connectivity index (χ3n) is 2.51. The van der Waals surface area contributed by atoms with Crippen molar-refractivity contribution in [3.63, 3.8) is 0 Å². The van der Waals surface area contributed by atoms with Gasteiger partial charge < -0.3 is 5.73 Å². The number of para-hydroxylation sites is 1. The Labute approximate surface area is 87.7 Å². The summed E-state index contributed by atoms with van der Waals surface area (Å²) in [5.41, 5.74) is 6.99. The largest absolute Gasteiger partial charge is 0.322 e. The molecule has 1 heterocycles. The number of imide groups is 1. The molecule has 2 rings (SSSR count). The predicted octanol–water partition coefficient (Wildman–Crippen LogP) is 0.451. The quantitative estimate of drug-likeness (QED) is 0.722. The van der Waals surface area contributed by atoms with Gasteiger partial charge in [0.2, 0.25) is 11.8 Å². The summed E-state index contributed by atoms with van der Waals surface area (Å²) in [5, 5.41) is 0. The van der Waals surface area contributed by atoms with Crippen molar-refractivity contribution >= 4 is 17.5 Å². The Bertz CT molecular complexity index is 415. The van der Waals surface area contributed by atoms with Gasteiger partial charge in [-0.05, 0) is 18.1 Å². The Kier molecular flexibility index (Phi) is 2.51. The first-order chi connectivity index (χ1) is 7.24. The number of rotatable bonds is 1. The summed E-state index contributed by atoms with van der Waals surface area (Å²) in [7, 11) is 0. The smallest absolute Gasteiger partial charge is 0.247 e.